The van der Waals surface area contributed by atoms with Crippen LogP contribution in [0, 0.1) is 24.4 Å². The molecule has 3 rings (SSSR count). The predicted octanol–water partition coefficient (Wildman–Crippen LogP) is 3.24. The van der Waals surface area contributed by atoms with E-state index in [1.54, 1.807) is 12.3 Å². The SMILES string of the molecule is Cc1csc2cc(=O)c3cc(F)c(F)c(F)c3n12. The highest BCUT2D eigenvalue weighted by Crippen LogP contribution is 2.25. The van der Waals surface area contributed by atoms with Gasteiger partial charge in [0, 0.05) is 17.1 Å². The third-order valence-electron chi connectivity index (χ3n) is 2.80. The van der Waals surface area contributed by atoms with Crippen molar-refractivity contribution in [3.05, 3.63) is 50.9 Å². The first-order valence-corrected chi connectivity index (χ1v) is 5.95. The molecule has 92 valence electrons. The maximum atomic E-state index is 13.9. The zero-order valence-corrected chi connectivity index (χ0v) is 9.95. The van der Waals surface area contributed by atoms with Crippen LogP contribution in [0.4, 0.5) is 13.2 Å². The van der Waals surface area contributed by atoms with Crippen molar-refractivity contribution in [3.63, 3.8) is 0 Å². The largest absolute Gasteiger partial charge is 0.301 e. The molecule has 0 saturated heterocycles. The van der Waals surface area contributed by atoms with Crippen molar-refractivity contribution in [1.82, 2.24) is 4.40 Å². The number of nitrogens with zero attached hydrogens (tertiary/aromatic N) is 1. The molecule has 0 aliphatic carbocycles. The molecule has 0 aliphatic heterocycles. The van der Waals surface area contributed by atoms with Crippen LogP contribution < -0.4 is 5.43 Å². The van der Waals surface area contributed by atoms with Gasteiger partial charge in [0.2, 0.25) is 0 Å². The Balaban J connectivity index is 2.75. The summed E-state index contributed by atoms with van der Waals surface area (Å²) in [7, 11) is 0. The van der Waals surface area contributed by atoms with Crippen LogP contribution in [0.3, 0.4) is 0 Å². The van der Waals surface area contributed by atoms with E-state index in [4.69, 9.17) is 0 Å². The number of pyridine rings is 1. The van der Waals surface area contributed by atoms with Gasteiger partial charge in [-0.1, -0.05) is 0 Å². The second-order valence-corrected chi connectivity index (χ2v) is 4.83. The average molecular weight is 269 g/mol. The van der Waals surface area contributed by atoms with Crippen LogP contribution >= 0.6 is 11.3 Å². The Morgan fingerprint density at radius 1 is 1.17 bits per heavy atom. The van der Waals surface area contributed by atoms with E-state index in [0.29, 0.717) is 10.5 Å². The highest BCUT2D eigenvalue weighted by atomic mass is 32.1. The quantitative estimate of drug-likeness (QED) is 0.574. The number of benzene rings is 1. The van der Waals surface area contributed by atoms with E-state index in [1.165, 1.54) is 21.8 Å². The van der Waals surface area contributed by atoms with Gasteiger partial charge in [-0.2, -0.15) is 0 Å². The van der Waals surface area contributed by atoms with Crippen LogP contribution in [-0.4, -0.2) is 4.40 Å². The molecule has 1 aromatic carbocycles. The Bertz CT molecular complexity index is 850. The molecule has 18 heavy (non-hydrogen) atoms. The van der Waals surface area contributed by atoms with Gasteiger partial charge in [0.05, 0.1) is 10.9 Å². The van der Waals surface area contributed by atoms with Gasteiger partial charge in [0.1, 0.15) is 4.83 Å². The third-order valence-corrected chi connectivity index (χ3v) is 3.80. The number of thiazole rings is 1. The van der Waals surface area contributed by atoms with Crippen molar-refractivity contribution < 1.29 is 13.2 Å². The highest BCUT2D eigenvalue weighted by molar-refractivity contribution is 7.15. The van der Waals surface area contributed by atoms with Gasteiger partial charge in [0.25, 0.3) is 0 Å². The topological polar surface area (TPSA) is 21.5 Å². The van der Waals surface area contributed by atoms with Gasteiger partial charge < -0.3 is 4.40 Å². The minimum Gasteiger partial charge on any atom is -0.301 e. The molecule has 0 unspecified atom stereocenters. The van der Waals surface area contributed by atoms with Gasteiger partial charge in [-0.15, -0.1) is 11.3 Å². The van der Waals surface area contributed by atoms with E-state index < -0.39 is 22.9 Å². The van der Waals surface area contributed by atoms with Crippen LogP contribution in [-0.2, 0) is 0 Å². The van der Waals surface area contributed by atoms with E-state index in [1.807, 2.05) is 0 Å². The predicted molar refractivity (Wildman–Crippen MR) is 63.7 cm³/mol. The molecule has 2 heterocycles. The summed E-state index contributed by atoms with van der Waals surface area (Å²) in [4.78, 5) is 12.3. The molecule has 6 heteroatoms. The summed E-state index contributed by atoms with van der Waals surface area (Å²) in [6.07, 6.45) is 0. The number of halogens is 3. The van der Waals surface area contributed by atoms with Gasteiger partial charge in [-0.3, -0.25) is 4.79 Å². The molecule has 0 aliphatic rings. The molecule has 0 radical (unpaired) electrons. The molecule has 0 spiro atoms. The van der Waals surface area contributed by atoms with Gasteiger partial charge in [0.15, 0.2) is 22.9 Å². The third kappa shape index (κ3) is 1.32. The zero-order valence-electron chi connectivity index (χ0n) is 9.13. The highest BCUT2D eigenvalue weighted by Gasteiger charge is 2.18. The monoisotopic (exact) mass is 269 g/mol. The Morgan fingerprint density at radius 3 is 2.61 bits per heavy atom. The molecule has 3 aromatic rings. The normalized spacial score (nSPS) is 11.6. The van der Waals surface area contributed by atoms with Crippen LogP contribution in [0.1, 0.15) is 5.69 Å². The molecular weight excluding hydrogens is 263 g/mol. The van der Waals surface area contributed by atoms with Gasteiger partial charge in [-0.05, 0) is 13.0 Å². The van der Waals surface area contributed by atoms with Gasteiger partial charge >= 0.3 is 0 Å². The molecule has 0 saturated carbocycles. The fourth-order valence-corrected chi connectivity index (χ4v) is 2.90. The average Bonchev–Trinajstić information content (AvgIpc) is 2.68. The maximum absolute atomic E-state index is 13.9. The van der Waals surface area contributed by atoms with E-state index >= 15 is 0 Å². The number of aryl methyl sites for hydroxylation is 1. The Labute approximate surface area is 103 Å². The molecule has 0 atom stereocenters. The summed E-state index contributed by atoms with van der Waals surface area (Å²) < 4.78 is 41.7. The Kier molecular flexibility index (Phi) is 2.25. The fourth-order valence-electron chi connectivity index (χ4n) is 1.99. The van der Waals surface area contributed by atoms with Crippen molar-refractivity contribution >= 4 is 27.1 Å². The van der Waals surface area contributed by atoms with E-state index in [-0.39, 0.29) is 10.9 Å². The maximum Gasteiger partial charge on any atom is 0.196 e. The summed E-state index contributed by atoms with van der Waals surface area (Å²) >= 11 is 1.24. The molecule has 0 amide bonds. The van der Waals surface area contributed by atoms with E-state index in [0.717, 1.165) is 6.07 Å². The van der Waals surface area contributed by atoms with E-state index in [9.17, 15) is 18.0 Å². The van der Waals surface area contributed by atoms with Crippen molar-refractivity contribution in [3.8, 4) is 0 Å². The summed E-state index contributed by atoms with van der Waals surface area (Å²) in [5, 5.41) is 1.56. The van der Waals surface area contributed by atoms with Gasteiger partial charge in [-0.25, -0.2) is 13.2 Å². The molecular formula is C12H6F3NOS. The minimum atomic E-state index is -1.56. The molecule has 2 aromatic heterocycles. The summed E-state index contributed by atoms with van der Waals surface area (Å²) in [5.41, 5.74) is -0.0790. The standard InChI is InChI=1S/C12H6F3NOS/c1-5-4-18-9-3-8(17)6-2-7(13)10(14)11(15)12(6)16(5)9/h2-4H,1H3. The number of aromatic nitrogens is 1. The lowest BCUT2D eigenvalue weighted by atomic mass is 10.2. The van der Waals surface area contributed by atoms with Crippen molar-refractivity contribution in [2.45, 2.75) is 6.92 Å². The number of hydrogen-bond acceptors (Lipinski definition) is 2. The Hall–Kier alpha value is -1.82. The van der Waals surface area contributed by atoms with E-state index in [2.05, 4.69) is 0 Å². The molecule has 0 N–H and O–H groups in total. The Morgan fingerprint density at radius 2 is 1.89 bits per heavy atom. The van der Waals surface area contributed by atoms with Crippen LogP contribution in [0.25, 0.3) is 15.7 Å². The number of rotatable bonds is 0. The lowest BCUT2D eigenvalue weighted by molar-refractivity contribution is 0.452. The first kappa shape index (κ1) is 11.3. The van der Waals surface area contributed by atoms with Crippen LogP contribution in [0.15, 0.2) is 22.3 Å². The second-order valence-electron chi connectivity index (χ2n) is 3.94. The zero-order chi connectivity index (χ0) is 13.0. The molecule has 2 nitrogen and oxygen atoms in total. The van der Waals surface area contributed by atoms with Crippen LogP contribution in [0.5, 0.6) is 0 Å². The lowest BCUT2D eigenvalue weighted by Gasteiger charge is -2.06. The lowest BCUT2D eigenvalue weighted by Crippen LogP contribution is -2.08. The summed E-state index contributed by atoms with van der Waals surface area (Å²) in [5.74, 6) is -4.25. The second kappa shape index (κ2) is 3.58. The van der Waals surface area contributed by atoms with Crippen molar-refractivity contribution in [2.75, 3.05) is 0 Å². The molecule has 0 bridgehead atoms. The first-order valence-electron chi connectivity index (χ1n) is 5.08. The summed E-state index contributed by atoms with van der Waals surface area (Å²) in [6.45, 7) is 1.70. The minimum absolute atomic E-state index is 0.162. The van der Waals surface area contributed by atoms with Crippen molar-refractivity contribution in [2.24, 2.45) is 0 Å². The smallest absolute Gasteiger partial charge is 0.196 e. The first-order chi connectivity index (χ1) is 8.50. The van der Waals surface area contributed by atoms with Crippen LogP contribution in [0.2, 0.25) is 0 Å². The number of fused-ring (bicyclic) bond motifs is 3. The number of hydrogen-bond donors (Lipinski definition) is 0. The summed E-state index contributed by atoms with van der Waals surface area (Å²) in [6, 6.07) is 2.02. The van der Waals surface area contributed by atoms with Crippen molar-refractivity contribution in [1.29, 1.82) is 0 Å². The fraction of sp³-hybridized carbons (Fsp3) is 0.0833. The molecule has 0 fully saturated rings.